The molecule has 3 aromatic rings. The molecule has 0 aliphatic heterocycles. The largest absolute Gasteiger partial charge is 0.452 e. The summed E-state index contributed by atoms with van der Waals surface area (Å²) in [5.41, 5.74) is 5.91. The van der Waals surface area contributed by atoms with E-state index in [2.05, 4.69) is 47.3 Å². The summed E-state index contributed by atoms with van der Waals surface area (Å²) in [5.74, 6) is -1.05. The third kappa shape index (κ3) is 6.32. The van der Waals surface area contributed by atoms with Gasteiger partial charge in [0.25, 0.3) is 11.8 Å². The normalized spacial score (nSPS) is 10.6. The minimum Gasteiger partial charge on any atom is -0.452 e. The van der Waals surface area contributed by atoms with E-state index in [-0.39, 0.29) is 52.9 Å². The highest BCUT2D eigenvalue weighted by atomic mass is 79.9. The summed E-state index contributed by atoms with van der Waals surface area (Å²) < 4.78 is 6.89. The Morgan fingerprint density at radius 2 is 1.97 bits per heavy atom. The van der Waals surface area contributed by atoms with Crippen LogP contribution < -0.4 is 16.5 Å². The Bertz CT molecular complexity index is 1340. The maximum atomic E-state index is 13.7. The highest BCUT2D eigenvalue weighted by molar-refractivity contribution is 9.10. The Morgan fingerprint density at radius 1 is 1.24 bits per heavy atom. The van der Waals surface area contributed by atoms with Crippen LogP contribution in [0.5, 0.6) is 0 Å². The molecule has 0 bridgehead atoms. The van der Waals surface area contributed by atoms with Gasteiger partial charge in [0, 0.05) is 35.5 Å². The molecule has 3 rings (SSSR count). The zero-order valence-corrected chi connectivity index (χ0v) is 23.7. The molecular formula is C22H21BBr2ClN7O4. The number of amides is 3. The predicted molar refractivity (Wildman–Crippen MR) is 146 cm³/mol. The van der Waals surface area contributed by atoms with E-state index in [0.717, 1.165) is 10.0 Å². The molecule has 2 heterocycles. The fraction of sp³-hybridized carbons (Fsp3) is 0.227. The topological polar surface area (TPSA) is 136 Å². The molecule has 2 radical (unpaired) electrons. The van der Waals surface area contributed by atoms with Crippen molar-refractivity contribution in [2.24, 2.45) is 5.73 Å². The van der Waals surface area contributed by atoms with Crippen molar-refractivity contribution in [1.29, 1.82) is 0 Å². The molecule has 0 aliphatic carbocycles. The number of nitrogens with zero attached hydrogens (tertiary/aromatic N) is 5. The van der Waals surface area contributed by atoms with Crippen LogP contribution >= 0.6 is 43.5 Å². The first-order chi connectivity index (χ1) is 17.6. The van der Waals surface area contributed by atoms with Gasteiger partial charge in [-0.3, -0.25) is 9.59 Å². The van der Waals surface area contributed by atoms with Gasteiger partial charge in [-0.25, -0.2) is 24.5 Å². The molecule has 0 spiro atoms. The highest BCUT2D eigenvalue weighted by Gasteiger charge is 2.29. The van der Waals surface area contributed by atoms with E-state index in [1.165, 1.54) is 36.2 Å². The fourth-order valence-electron chi connectivity index (χ4n) is 3.42. The van der Waals surface area contributed by atoms with Gasteiger partial charge in [0.15, 0.2) is 5.82 Å². The number of aromatic nitrogens is 3. The van der Waals surface area contributed by atoms with E-state index >= 15 is 0 Å². The number of ether oxygens (including phenoxy) is 1. The second kappa shape index (κ2) is 12.5. The molecule has 0 saturated heterocycles. The van der Waals surface area contributed by atoms with Crippen LogP contribution in [0.15, 0.2) is 45.6 Å². The van der Waals surface area contributed by atoms with E-state index in [4.69, 9.17) is 29.9 Å². The Labute approximate surface area is 235 Å². The van der Waals surface area contributed by atoms with Gasteiger partial charge < -0.3 is 15.8 Å². The average Bonchev–Trinajstić information content (AvgIpc) is 3.26. The summed E-state index contributed by atoms with van der Waals surface area (Å²) in [4.78, 5) is 43.6. The van der Waals surface area contributed by atoms with Crippen molar-refractivity contribution in [3.63, 3.8) is 0 Å². The van der Waals surface area contributed by atoms with E-state index in [9.17, 15) is 14.4 Å². The lowest BCUT2D eigenvalue weighted by Crippen LogP contribution is -2.51. The molecule has 11 nitrogen and oxygen atoms in total. The Balaban J connectivity index is 2.06. The standard InChI is InChI=1S/C22H21BBr2ClN7O4/c1-3-31(22(36)37-2)32(8-6-27)21(35)13-9-12(24)10-14(23)18(13)29-20(34)16-11-17(25)30-33(16)19-15(26)5-4-7-28-19/h4-5,7,9-11H,3,6,8,27H2,1-2H3,(H,29,34). The van der Waals surface area contributed by atoms with Gasteiger partial charge >= 0.3 is 6.09 Å². The van der Waals surface area contributed by atoms with Crippen LogP contribution in [-0.4, -0.2) is 77.3 Å². The molecule has 1 aromatic carbocycles. The second-order valence-corrected chi connectivity index (χ2v) is 9.48. The van der Waals surface area contributed by atoms with Gasteiger partial charge in [-0.1, -0.05) is 39.1 Å². The first-order valence-corrected chi connectivity index (χ1v) is 12.7. The number of anilines is 1. The Kier molecular flexibility index (Phi) is 9.71. The van der Waals surface area contributed by atoms with Crippen LogP contribution in [0.25, 0.3) is 5.82 Å². The molecule has 3 amide bonds. The summed E-state index contributed by atoms with van der Waals surface area (Å²) in [6.07, 6.45) is 0.758. The quantitative estimate of drug-likeness (QED) is 0.296. The SMILES string of the molecule is [B]c1cc(Br)cc(C(=O)N(CCN)N(CC)C(=O)OC)c1NC(=O)c1cc(Br)nn1-c1ncccc1Cl. The molecule has 0 saturated carbocycles. The van der Waals surface area contributed by atoms with Crippen molar-refractivity contribution < 1.29 is 19.1 Å². The molecule has 15 heteroatoms. The molecule has 3 N–H and O–H groups in total. The molecule has 0 aliphatic rings. The number of nitrogens with two attached hydrogens (primary N) is 1. The lowest BCUT2D eigenvalue weighted by atomic mass is 9.91. The lowest BCUT2D eigenvalue weighted by molar-refractivity contribution is -0.00275. The molecule has 0 unspecified atom stereocenters. The molecule has 2 aromatic heterocycles. The molecule has 0 atom stereocenters. The monoisotopic (exact) mass is 651 g/mol. The Hall–Kier alpha value is -2.94. The van der Waals surface area contributed by atoms with Crippen LogP contribution in [0, 0.1) is 0 Å². The van der Waals surface area contributed by atoms with E-state index in [1.54, 1.807) is 19.1 Å². The minimum absolute atomic E-state index is 0.000525. The number of nitrogens with one attached hydrogen (secondary N) is 1. The first-order valence-electron chi connectivity index (χ1n) is 10.8. The maximum Gasteiger partial charge on any atom is 0.428 e. The van der Waals surface area contributed by atoms with Crippen LogP contribution in [0.3, 0.4) is 0 Å². The zero-order valence-electron chi connectivity index (χ0n) is 19.7. The van der Waals surface area contributed by atoms with Crippen molar-refractivity contribution in [1.82, 2.24) is 24.8 Å². The number of benzene rings is 1. The molecule has 0 fully saturated rings. The van der Waals surface area contributed by atoms with Gasteiger partial charge in [0.05, 0.1) is 24.2 Å². The van der Waals surface area contributed by atoms with Gasteiger partial charge in [-0.2, -0.15) is 5.10 Å². The van der Waals surface area contributed by atoms with E-state index in [0.29, 0.717) is 9.08 Å². The van der Waals surface area contributed by atoms with Gasteiger partial charge in [-0.05, 0) is 41.1 Å². The number of carbonyl (C=O) groups excluding carboxylic acids is 3. The number of halogens is 3. The minimum atomic E-state index is -0.751. The predicted octanol–water partition coefficient (Wildman–Crippen LogP) is 2.90. The van der Waals surface area contributed by atoms with Crippen LogP contribution in [0.1, 0.15) is 27.8 Å². The maximum absolute atomic E-state index is 13.7. The van der Waals surface area contributed by atoms with Crippen molar-refractivity contribution in [3.8, 4) is 5.82 Å². The zero-order chi connectivity index (χ0) is 27.3. The molecular weight excluding hydrogens is 632 g/mol. The van der Waals surface area contributed by atoms with Crippen molar-refractivity contribution in [2.75, 3.05) is 32.1 Å². The van der Waals surface area contributed by atoms with Crippen molar-refractivity contribution >= 4 is 80.4 Å². The third-order valence-electron chi connectivity index (χ3n) is 5.01. The average molecular weight is 654 g/mol. The first kappa shape index (κ1) is 28.6. The summed E-state index contributed by atoms with van der Waals surface area (Å²) in [7, 11) is 7.43. The van der Waals surface area contributed by atoms with Crippen LogP contribution in [0.2, 0.25) is 5.02 Å². The number of hydrogen-bond acceptors (Lipinski definition) is 7. The van der Waals surface area contributed by atoms with Gasteiger partial charge in [0.2, 0.25) is 0 Å². The summed E-state index contributed by atoms with van der Waals surface area (Å²) in [5, 5.41) is 9.46. The van der Waals surface area contributed by atoms with Crippen LogP contribution in [0.4, 0.5) is 10.5 Å². The van der Waals surface area contributed by atoms with Crippen molar-refractivity contribution in [3.05, 3.63) is 61.9 Å². The van der Waals surface area contributed by atoms with Gasteiger partial charge in [0.1, 0.15) is 18.1 Å². The fourth-order valence-corrected chi connectivity index (χ4v) is 4.47. The highest BCUT2D eigenvalue weighted by Crippen LogP contribution is 2.25. The summed E-state index contributed by atoms with van der Waals surface area (Å²) in [6, 6.07) is 7.73. The van der Waals surface area contributed by atoms with E-state index < -0.39 is 17.9 Å². The third-order valence-corrected chi connectivity index (χ3v) is 6.15. The number of hydrogen-bond donors (Lipinski definition) is 2. The van der Waals surface area contributed by atoms with E-state index in [1.807, 2.05) is 0 Å². The Morgan fingerprint density at radius 3 is 2.59 bits per heavy atom. The number of rotatable bonds is 7. The number of hydrazine groups is 1. The molecule has 192 valence electrons. The van der Waals surface area contributed by atoms with Crippen LogP contribution in [-0.2, 0) is 4.74 Å². The number of methoxy groups -OCH3 is 1. The second-order valence-electron chi connectivity index (χ2n) is 7.35. The number of carbonyl (C=O) groups is 3. The lowest BCUT2D eigenvalue weighted by Gasteiger charge is -2.33. The molecule has 37 heavy (non-hydrogen) atoms. The van der Waals surface area contributed by atoms with Crippen molar-refractivity contribution in [2.45, 2.75) is 6.92 Å². The number of pyridine rings is 1. The smallest absolute Gasteiger partial charge is 0.428 e. The summed E-state index contributed by atoms with van der Waals surface area (Å²) in [6.45, 7) is 1.86. The summed E-state index contributed by atoms with van der Waals surface area (Å²) >= 11 is 12.9. The van der Waals surface area contributed by atoms with Gasteiger partial charge in [-0.15, -0.1) is 0 Å².